The van der Waals surface area contributed by atoms with Crippen LogP contribution in [0, 0.1) is 0 Å². The Kier molecular flexibility index (Phi) is 9.08. The zero-order valence-corrected chi connectivity index (χ0v) is 20.5. The first kappa shape index (κ1) is 27.9. The highest BCUT2D eigenvalue weighted by Gasteiger charge is 2.41. The van der Waals surface area contributed by atoms with E-state index in [2.05, 4.69) is 15.0 Å². The number of halogens is 2. The molecule has 0 aliphatic heterocycles. The van der Waals surface area contributed by atoms with Gasteiger partial charge in [0.1, 0.15) is 5.52 Å². The zero-order valence-electron chi connectivity index (χ0n) is 19.7. The molecule has 0 aliphatic rings. The number of hydrogen-bond donors (Lipinski definition) is 3. The summed E-state index contributed by atoms with van der Waals surface area (Å²) in [6, 6.07) is 6.49. The Morgan fingerprint density at radius 1 is 1.24 bits per heavy atom. The van der Waals surface area contributed by atoms with Crippen LogP contribution >= 0.6 is 11.6 Å². The molecule has 37 heavy (non-hydrogen) atoms. The summed E-state index contributed by atoms with van der Waals surface area (Å²) in [6.07, 6.45) is -1.66. The topological polar surface area (TPSA) is 180 Å². The van der Waals surface area contributed by atoms with Crippen molar-refractivity contribution in [3.8, 4) is 0 Å². The molecule has 12 nitrogen and oxygen atoms in total. The molecule has 0 fully saturated rings. The first-order valence-electron chi connectivity index (χ1n) is 11.0. The summed E-state index contributed by atoms with van der Waals surface area (Å²) >= 11 is 5.82. The number of carbonyl (C=O) groups is 3. The number of alkyl halides is 1. The van der Waals surface area contributed by atoms with Gasteiger partial charge in [-0.05, 0) is 29.1 Å². The number of nitrogens with zero attached hydrogens (tertiary/aromatic N) is 4. The van der Waals surface area contributed by atoms with E-state index in [1.807, 2.05) is 0 Å². The second-order valence-corrected chi connectivity index (χ2v) is 8.58. The standard InChI is InChI=1S/C23H25ClFN5O7/c1-36-15(8-16(25)30-12-27-18-19(26)28-22(24)29-20(18)30)10-37-23(11-31,21(34)35)9-14-4-2-13(3-5-14)6-7-17(32)33/h2-5,11-12,15-16H,6-10H2,1H3,(H,32,33)(H,34,35)(H2,26,28,29). The van der Waals surface area contributed by atoms with Crippen LogP contribution in [0.4, 0.5) is 10.2 Å². The van der Waals surface area contributed by atoms with E-state index in [-0.39, 0.29) is 47.8 Å². The Hall–Kier alpha value is -3.68. The van der Waals surface area contributed by atoms with Gasteiger partial charge in [-0.2, -0.15) is 9.97 Å². The summed E-state index contributed by atoms with van der Waals surface area (Å²) in [4.78, 5) is 46.4. The molecule has 0 aliphatic carbocycles. The fourth-order valence-corrected chi connectivity index (χ4v) is 3.78. The van der Waals surface area contributed by atoms with Crippen LogP contribution in [0.3, 0.4) is 0 Å². The number of aryl methyl sites for hydroxylation is 1. The van der Waals surface area contributed by atoms with Crippen LogP contribution in [0.1, 0.15) is 30.3 Å². The van der Waals surface area contributed by atoms with E-state index < -0.39 is 36.5 Å². The molecule has 0 radical (unpaired) electrons. The van der Waals surface area contributed by atoms with Crippen molar-refractivity contribution in [1.82, 2.24) is 19.5 Å². The van der Waals surface area contributed by atoms with E-state index in [0.29, 0.717) is 12.0 Å². The number of carboxylic acids is 2. The minimum absolute atomic E-state index is 0.0142. The van der Waals surface area contributed by atoms with E-state index in [0.717, 1.165) is 10.1 Å². The predicted octanol–water partition coefficient (Wildman–Crippen LogP) is 2.23. The molecule has 3 atom stereocenters. The van der Waals surface area contributed by atoms with E-state index in [4.69, 9.17) is 31.9 Å². The van der Waals surface area contributed by atoms with Gasteiger partial charge in [0.2, 0.25) is 10.9 Å². The first-order chi connectivity index (χ1) is 17.6. The lowest BCUT2D eigenvalue weighted by Gasteiger charge is -2.27. The fourth-order valence-electron chi connectivity index (χ4n) is 3.61. The highest BCUT2D eigenvalue weighted by atomic mass is 35.5. The van der Waals surface area contributed by atoms with Crippen LogP contribution in [-0.4, -0.2) is 73.4 Å². The van der Waals surface area contributed by atoms with Gasteiger partial charge < -0.3 is 25.4 Å². The monoisotopic (exact) mass is 537 g/mol. The molecule has 4 N–H and O–H groups in total. The van der Waals surface area contributed by atoms with Gasteiger partial charge in [-0.25, -0.2) is 14.2 Å². The van der Waals surface area contributed by atoms with Crippen LogP contribution in [0.5, 0.6) is 0 Å². The average Bonchev–Trinajstić information content (AvgIpc) is 3.29. The lowest BCUT2D eigenvalue weighted by atomic mass is 9.94. The zero-order chi connectivity index (χ0) is 27.2. The number of ether oxygens (including phenoxy) is 2. The summed E-state index contributed by atoms with van der Waals surface area (Å²) in [5, 5.41) is 18.4. The number of carbonyl (C=O) groups excluding carboxylic acids is 1. The third kappa shape index (κ3) is 6.76. The van der Waals surface area contributed by atoms with Gasteiger partial charge in [0.25, 0.3) is 0 Å². The van der Waals surface area contributed by atoms with Crippen LogP contribution < -0.4 is 5.73 Å². The molecule has 2 aromatic heterocycles. The molecule has 0 spiro atoms. The Morgan fingerprint density at radius 2 is 1.92 bits per heavy atom. The minimum Gasteiger partial charge on any atom is -0.481 e. The molecule has 3 aromatic rings. The fraction of sp³-hybridized carbons (Fsp3) is 0.391. The van der Waals surface area contributed by atoms with Gasteiger partial charge in [-0.3, -0.25) is 14.2 Å². The number of hydrogen-bond acceptors (Lipinski definition) is 9. The second kappa shape index (κ2) is 12.0. The van der Waals surface area contributed by atoms with Crippen molar-refractivity contribution >= 4 is 46.8 Å². The van der Waals surface area contributed by atoms with Crippen LogP contribution in [0.2, 0.25) is 5.28 Å². The maximum Gasteiger partial charge on any atom is 0.343 e. The predicted molar refractivity (Wildman–Crippen MR) is 129 cm³/mol. The highest BCUT2D eigenvalue weighted by molar-refractivity contribution is 6.28. The maximum atomic E-state index is 15.2. The van der Waals surface area contributed by atoms with Gasteiger partial charge in [-0.15, -0.1) is 0 Å². The number of aromatic nitrogens is 4. The smallest absolute Gasteiger partial charge is 0.343 e. The van der Waals surface area contributed by atoms with E-state index >= 15 is 4.39 Å². The Morgan fingerprint density at radius 3 is 2.51 bits per heavy atom. The van der Waals surface area contributed by atoms with Crippen molar-refractivity contribution in [3.63, 3.8) is 0 Å². The summed E-state index contributed by atoms with van der Waals surface area (Å²) in [5.41, 5.74) is 4.95. The quantitative estimate of drug-likeness (QED) is 0.156. The van der Waals surface area contributed by atoms with Crippen LogP contribution in [0.25, 0.3) is 11.2 Å². The Labute approximate surface area is 215 Å². The van der Waals surface area contributed by atoms with E-state index in [1.54, 1.807) is 24.3 Å². The van der Waals surface area contributed by atoms with Crippen molar-refractivity contribution in [3.05, 3.63) is 47.0 Å². The molecule has 2 heterocycles. The van der Waals surface area contributed by atoms with E-state index in [1.165, 1.54) is 13.4 Å². The summed E-state index contributed by atoms with van der Waals surface area (Å²) < 4.78 is 27.1. The highest BCUT2D eigenvalue weighted by Crippen LogP contribution is 2.26. The lowest BCUT2D eigenvalue weighted by molar-refractivity contribution is -0.171. The third-order valence-electron chi connectivity index (χ3n) is 5.71. The van der Waals surface area contributed by atoms with Crippen molar-refractivity contribution in [2.24, 2.45) is 0 Å². The van der Waals surface area contributed by atoms with Gasteiger partial charge >= 0.3 is 11.9 Å². The molecule has 0 amide bonds. The Balaban J connectivity index is 1.70. The molecular formula is C23H25ClFN5O7. The van der Waals surface area contributed by atoms with Crippen molar-refractivity contribution in [2.45, 2.75) is 43.7 Å². The average molecular weight is 538 g/mol. The van der Waals surface area contributed by atoms with Gasteiger partial charge in [-0.1, -0.05) is 24.3 Å². The molecule has 0 saturated heterocycles. The number of aliphatic carboxylic acids is 2. The van der Waals surface area contributed by atoms with Crippen LogP contribution in [0.15, 0.2) is 30.6 Å². The molecule has 14 heteroatoms. The summed E-state index contributed by atoms with van der Waals surface area (Å²) in [6.45, 7) is -0.414. The number of rotatable bonds is 14. The number of imidazole rings is 1. The third-order valence-corrected chi connectivity index (χ3v) is 5.88. The SMILES string of the molecule is COC(COC(C=O)(Cc1ccc(CCC(=O)O)cc1)C(=O)O)CC(F)n1cnc2c(N)nc(Cl)nc21. The number of nitrogen functional groups attached to an aromatic ring is 1. The molecule has 3 rings (SSSR count). The summed E-state index contributed by atoms with van der Waals surface area (Å²) in [7, 11) is 1.29. The molecular weight excluding hydrogens is 513 g/mol. The molecule has 0 saturated carbocycles. The van der Waals surface area contributed by atoms with Crippen molar-refractivity contribution < 1.29 is 38.5 Å². The number of fused-ring (bicyclic) bond motifs is 1. The number of nitrogens with two attached hydrogens (primary N) is 1. The van der Waals surface area contributed by atoms with Gasteiger partial charge in [0, 0.05) is 26.4 Å². The largest absolute Gasteiger partial charge is 0.481 e. The normalized spacial score (nSPS) is 14.7. The minimum atomic E-state index is -2.25. The molecule has 1 aromatic carbocycles. The van der Waals surface area contributed by atoms with Gasteiger partial charge in [0.15, 0.2) is 24.0 Å². The Bertz CT molecular complexity index is 1270. The second-order valence-electron chi connectivity index (χ2n) is 8.24. The lowest BCUT2D eigenvalue weighted by Crippen LogP contribution is -2.47. The molecule has 3 unspecified atom stereocenters. The van der Waals surface area contributed by atoms with Crippen molar-refractivity contribution in [2.75, 3.05) is 19.5 Å². The molecule has 0 bridgehead atoms. The van der Waals surface area contributed by atoms with Gasteiger partial charge in [0.05, 0.1) is 19.0 Å². The number of benzene rings is 1. The van der Waals surface area contributed by atoms with E-state index in [9.17, 15) is 19.5 Å². The number of carboxylic acid groups (broad SMARTS) is 2. The first-order valence-corrected chi connectivity index (χ1v) is 11.4. The summed E-state index contributed by atoms with van der Waals surface area (Å²) in [5.74, 6) is -2.47. The van der Waals surface area contributed by atoms with Crippen LogP contribution in [-0.2, 0) is 36.7 Å². The van der Waals surface area contributed by atoms with Crippen molar-refractivity contribution in [1.29, 1.82) is 0 Å². The number of methoxy groups -OCH3 is 1. The number of aldehydes is 1. The maximum absolute atomic E-state index is 15.2. The molecule has 198 valence electrons. The number of anilines is 1.